The van der Waals surface area contributed by atoms with Gasteiger partial charge in [-0.2, -0.15) is 11.3 Å². The van der Waals surface area contributed by atoms with Crippen LogP contribution in [0.3, 0.4) is 0 Å². The molecule has 122 valence electrons. The first-order valence-electron chi connectivity index (χ1n) is 7.34. The molecule has 5 nitrogen and oxygen atoms in total. The first-order chi connectivity index (χ1) is 11.2. The highest BCUT2D eigenvalue weighted by Gasteiger charge is 2.24. The van der Waals surface area contributed by atoms with Gasteiger partial charge in [0.2, 0.25) is 5.91 Å². The van der Waals surface area contributed by atoms with Crippen LogP contribution in [0.15, 0.2) is 35.3 Å². The largest absolute Gasteiger partial charge is 0.489 e. The fourth-order valence-corrected chi connectivity index (χ4v) is 3.22. The summed E-state index contributed by atoms with van der Waals surface area (Å²) in [7, 11) is 0. The van der Waals surface area contributed by atoms with Crippen LogP contribution in [0, 0.1) is 0 Å². The molecule has 1 amide bonds. The monoisotopic (exact) mass is 352 g/mol. The lowest BCUT2D eigenvalue weighted by Gasteiger charge is -2.32. The lowest BCUT2D eigenvalue weighted by Crippen LogP contribution is -2.48. The van der Waals surface area contributed by atoms with Crippen molar-refractivity contribution in [2.45, 2.75) is 12.5 Å². The number of hydrogen-bond donors (Lipinski definition) is 0. The number of morpholine rings is 1. The van der Waals surface area contributed by atoms with Gasteiger partial charge in [0.05, 0.1) is 30.8 Å². The van der Waals surface area contributed by atoms with Crippen LogP contribution in [0.2, 0.25) is 5.02 Å². The summed E-state index contributed by atoms with van der Waals surface area (Å²) in [5.41, 5.74) is 1.06. The Kier molecular flexibility index (Phi) is 5.48. The molecular formula is C16H17ClN2O3S. The molecule has 7 heteroatoms. The average Bonchev–Trinajstić information content (AvgIpc) is 3.06. The van der Waals surface area contributed by atoms with E-state index in [2.05, 4.69) is 4.98 Å². The van der Waals surface area contributed by atoms with Gasteiger partial charge in [-0.25, -0.2) is 0 Å². The molecule has 1 atom stereocenters. The van der Waals surface area contributed by atoms with Crippen molar-refractivity contribution in [1.82, 2.24) is 9.88 Å². The Bertz CT molecular complexity index is 651. The number of rotatable bonds is 5. The number of ether oxygens (including phenoxy) is 2. The molecule has 3 heterocycles. The van der Waals surface area contributed by atoms with E-state index in [9.17, 15) is 4.79 Å². The Morgan fingerprint density at radius 3 is 3.22 bits per heavy atom. The SMILES string of the molecule is O=C(Cc1ccsc1)N1CCOC(COc2cncc(Cl)c2)C1. The molecule has 1 saturated heterocycles. The Morgan fingerprint density at radius 2 is 2.43 bits per heavy atom. The highest BCUT2D eigenvalue weighted by Crippen LogP contribution is 2.17. The summed E-state index contributed by atoms with van der Waals surface area (Å²) < 4.78 is 11.3. The minimum atomic E-state index is -0.144. The average molecular weight is 353 g/mol. The molecule has 1 aliphatic rings. The summed E-state index contributed by atoms with van der Waals surface area (Å²) in [6.45, 7) is 2.05. The normalized spacial score (nSPS) is 18.0. The maximum Gasteiger partial charge on any atom is 0.227 e. The fraction of sp³-hybridized carbons (Fsp3) is 0.375. The van der Waals surface area contributed by atoms with Crippen molar-refractivity contribution < 1.29 is 14.3 Å². The number of carbonyl (C=O) groups excluding carboxylic acids is 1. The van der Waals surface area contributed by atoms with Crippen molar-refractivity contribution in [3.63, 3.8) is 0 Å². The zero-order valence-corrected chi connectivity index (χ0v) is 14.1. The summed E-state index contributed by atoms with van der Waals surface area (Å²) in [4.78, 5) is 18.1. The van der Waals surface area contributed by atoms with Gasteiger partial charge in [-0.3, -0.25) is 9.78 Å². The minimum absolute atomic E-state index is 0.126. The van der Waals surface area contributed by atoms with Gasteiger partial charge in [-0.1, -0.05) is 11.6 Å². The smallest absolute Gasteiger partial charge is 0.227 e. The third-order valence-electron chi connectivity index (χ3n) is 3.54. The van der Waals surface area contributed by atoms with Crippen LogP contribution in [0.25, 0.3) is 0 Å². The molecule has 0 aromatic carbocycles. The first-order valence-corrected chi connectivity index (χ1v) is 8.66. The number of aromatic nitrogens is 1. The van der Waals surface area contributed by atoms with Gasteiger partial charge >= 0.3 is 0 Å². The molecule has 1 aliphatic heterocycles. The molecule has 0 bridgehead atoms. The van der Waals surface area contributed by atoms with E-state index in [0.29, 0.717) is 43.5 Å². The number of carbonyl (C=O) groups is 1. The summed E-state index contributed by atoms with van der Waals surface area (Å²) in [5, 5.41) is 4.52. The number of hydrogen-bond acceptors (Lipinski definition) is 5. The molecule has 0 spiro atoms. The Hall–Kier alpha value is -1.63. The number of halogens is 1. The van der Waals surface area contributed by atoms with E-state index in [-0.39, 0.29) is 12.0 Å². The summed E-state index contributed by atoms with van der Waals surface area (Å²) in [6, 6.07) is 3.69. The Morgan fingerprint density at radius 1 is 1.52 bits per heavy atom. The standard InChI is InChI=1S/C16H17ClN2O3S/c17-13-6-14(8-18-7-13)22-10-15-9-19(2-3-21-15)16(20)5-12-1-4-23-11-12/h1,4,6-8,11,15H,2-3,5,9-10H2. The molecule has 2 aromatic rings. The molecule has 0 saturated carbocycles. The van der Waals surface area contributed by atoms with E-state index >= 15 is 0 Å². The lowest BCUT2D eigenvalue weighted by molar-refractivity contribution is -0.139. The maximum atomic E-state index is 12.3. The molecule has 0 radical (unpaired) electrons. The van der Waals surface area contributed by atoms with Crippen molar-refractivity contribution in [3.05, 3.63) is 45.9 Å². The van der Waals surface area contributed by atoms with Gasteiger partial charge in [0, 0.05) is 18.8 Å². The predicted molar refractivity (Wildman–Crippen MR) is 89.1 cm³/mol. The van der Waals surface area contributed by atoms with Crippen molar-refractivity contribution in [1.29, 1.82) is 0 Å². The van der Waals surface area contributed by atoms with E-state index in [4.69, 9.17) is 21.1 Å². The van der Waals surface area contributed by atoms with Gasteiger partial charge in [-0.05, 0) is 22.4 Å². The summed E-state index contributed by atoms with van der Waals surface area (Å²) >= 11 is 7.48. The van der Waals surface area contributed by atoms with Crippen LogP contribution in [-0.4, -0.2) is 48.2 Å². The van der Waals surface area contributed by atoms with Gasteiger partial charge in [0.25, 0.3) is 0 Å². The molecule has 1 fully saturated rings. The molecule has 1 unspecified atom stereocenters. The quantitative estimate of drug-likeness (QED) is 0.830. The number of amides is 1. The van der Waals surface area contributed by atoms with Crippen LogP contribution in [-0.2, 0) is 16.0 Å². The van der Waals surface area contributed by atoms with E-state index in [1.54, 1.807) is 29.8 Å². The second-order valence-electron chi connectivity index (χ2n) is 5.29. The fourth-order valence-electron chi connectivity index (χ4n) is 2.39. The predicted octanol–water partition coefficient (Wildman–Crippen LogP) is 2.65. The summed E-state index contributed by atoms with van der Waals surface area (Å²) in [6.07, 6.45) is 3.45. The maximum absolute atomic E-state index is 12.3. The van der Waals surface area contributed by atoms with Crippen molar-refractivity contribution in [2.24, 2.45) is 0 Å². The number of thiophene rings is 1. The lowest BCUT2D eigenvalue weighted by atomic mass is 10.2. The zero-order chi connectivity index (χ0) is 16.1. The Balaban J connectivity index is 1.50. The van der Waals surface area contributed by atoms with Crippen LogP contribution in [0.1, 0.15) is 5.56 Å². The third kappa shape index (κ3) is 4.67. The number of pyridine rings is 1. The molecule has 2 aromatic heterocycles. The van der Waals surface area contributed by atoms with Crippen LogP contribution >= 0.6 is 22.9 Å². The topological polar surface area (TPSA) is 51.7 Å². The third-order valence-corrected chi connectivity index (χ3v) is 4.48. The van der Waals surface area contributed by atoms with Crippen molar-refractivity contribution in [3.8, 4) is 5.75 Å². The van der Waals surface area contributed by atoms with E-state index in [1.165, 1.54) is 0 Å². The van der Waals surface area contributed by atoms with Crippen molar-refractivity contribution in [2.75, 3.05) is 26.3 Å². The van der Waals surface area contributed by atoms with Crippen molar-refractivity contribution >= 4 is 28.8 Å². The van der Waals surface area contributed by atoms with Gasteiger partial charge in [0.1, 0.15) is 18.5 Å². The van der Waals surface area contributed by atoms with Gasteiger partial charge in [0.15, 0.2) is 0 Å². The van der Waals surface area contributed by atoms with Crippen LogP contribution in [0.5, 0.6) is 5.75 Å². The molecule has 3 rings (SSSR count). The van der Waals surface area contributed by atoms with E-state index < -0.39 is 0 Å². The second kappa shape index (κ2) is 7.77. The highest BCUT2D eigenvalue weighted by molar-refractivity contribution is 7.08. The first kappa shape index (κ1) is 16.2. The summed E-state index contributed by atoms with van der Waals surface area (Å²) in [5.74, 6) is 0.726. The molecule has 0 aliphatic carbocycles. The Labute approximate surface area is 143 Å². The van der Waals surface area contributed by atoms with Gasteiger partial charge < -0.3 is 14.4 Å². The zero-order valence-electron chi connectivity index (χ0n) is 12.5. The molecular weight excluding hydrogens is 336 g/mol. The number of nitrogens with zero attached hydrogens (tertiary/aromatic N) is 2. The van der Waals surface area contributed by atoms with E-state index in [1.807, 2.05) is 21.7 Å². The van der Waals surface area contributed by atoms with E-state index in [0.717, 1.165) is 5.56 Å². The van der Waals surface area contributed by atoms with Gasteiger partial charge in [-0.15, -0.1) is 0 Å². The minimum Gasteiger partial charge on any atom is -0.489 e. The second-order valence-corrected chi connectivity index (χ2v) is 6.51. The molecule has 23 heavy (non-hydrogen) atoms. The highest BCUT2D eigenvalue weighted by atomic mass is 35.5. The molecule has 0 N–H and O–H groups in total. The van der Waals surface area contributed by atoms with Crippen LogP contribution in [0.4, 0.5) is 0 Å². The van der Waals surface area contributed by atoms with Crippen LogP contribution < -0.4 is 4.74 Å².